The fourth-order valence-electron chi connectivity index (χ4n) is 3.08. The lowest BCUT2D eigenvalue weighted by Gasteiger charge is -2.11. The van der Waals surface area contributed by atoms with Crippen molar-refractivity contribution in [1.82, 2.24) is 0 Å². The van der Waals surface area contributed by atoms with Crippen LogP contribution in [0.3, 0.4) is 0 Å². The summed E-state index contributed by atoms with van der Waals surface area (Å²) in [6.07, 6.45) is 1.44. The minimum absolute atomic E-state index is 0.142. The summed E-state index contributed by atoms with van der Waals surface area (Å²) in [7, 11) is 1.57. The van der Waals surface area contributed by atoms with Crippen LogP contribution < -0.4 is 14.9 Å². The normalized spacial score (nSPS) is 10.9. The predicted molar refractivity (Wildman–Crippen MR) is 115 cm³/mol. The molecule has 4 aromatic rings. The Bertz CT molecular complexity index is 1230. The lowest BCUT2D eigenvalue weighted by Crippen LogP contribution is -2.06. The van der Waals surface area contributed by atoms with Crippen molar-refractivity contribution in [3.8, 4) is 22.6 Å². The second-order valence-corrected chi connectivity index (χ2v) is 7.14. The van der Waals surface area contributed by atoms with E-state index in [2.05, 4.69) is 0 Å². The van der Waals surface area contributed by atoms with Crippen molar-refractivity contribution in [2.75, 3.05) is 7.11 Å². The molecule has 0 N–H and O–H groups in total. The number of para-hydroxylation sites is 1. The molecule has 0 fully saturated rings. The summed E-state index contributed by atoms with van der Waals surface area (Å²) in [6.45, 7) is 0.202. The molecular weight excluding hydrogens is 411 g/mol. The molecule has 0 aliphatic heterocycles. The first-order valence-corrected chi connectivity index (χ1v) is 9.58. The fraction of sp³-hybridized carbons (Fsp3) is 0.0870. The first kappa shape index (κ1) is 19.4. The van der Waals surface area contributed by atoms with E-state index in [0.29, 0.717) is 49.2 Å². The lowest BCUT2D eigenvalue weighted by atomic mass is 10.0. The highest BCUT2D eigenvalue weighted by atomic mass is 35.5. The molecule has 0 atom stereocenters. The molecule has 29 heavy (non-hydrogen) atoms. The molecule has 6 heteroatoms. The standard InChI is InChI=1S/C23H16Cl2O4/c1-27-21-8-3-2-5-15(21)17-12-29-22-11-14(9-10-16(22)23(17)26)28-13-18-19(24)6-4-7-20(18)25/h2-12H,13H2,1H3. The quantitative estimate of drug-likeness (QED) is 0.372. The number of fused-ring (bicyclic) bond motifs is 1. The van der Waals surface area contributed by atoms with Gasteiger partial charge in [0.1, 0.15) is 30.0 Å². The van der Waals surface area contributed by atoms with E-state index in [9.17, 15) is 4.79 Å². The van der Waals surface area contributed by atoms with Gasteiger partial charge in [0.05, 0.1) is 18.1 Å². The minimum atomic E-state index is -0.142. The third-order valence-corrected chi connectivity index (χ3v) is 5.30. The molecule has 3 aromatic carbocycles. The third-order valence-electron chi connectivity index (χ3n) is 4.59. The highest BCUT2D eigenvalue weighted by Gasteiger charge is 2.14. The van der Waals surface area contributed by atoms with E-state index in [4.69, 9.17) is 37.1 Å². The van der Waals surface area contributed by atoms with Crippen molar-refractivity contribution in [3.63, 3.8) is 0 Å². The Morgan fingerprint density at radius 1 is 0.931 bits per heavy atom. The molecule has 0 aliphatic carbocycles. The van der Waals surface area contributed by atoms with Gasteiger partial charge in [-0.15, -0.1) is 0 Å². The summed E-state index contributed by atoms with van der Waals surface area (Å²) in [5, 5.41) is 1.52. The molecule has 0 saturated heterocycles. The molecule has 0 radical (unpaired) electrons. The highest BCUT2D eigenvalue weighted by molar-refractivity contribution is 6.35. The summed E-state index contributed by atoms with van der Waals surface area (Å²) < 4.78 is 16.9. The zero-order chi connectivity index (χ0) is 20.4. The lowest BCUT2D eigenvalue weighted by molar-refractivity contribution is 0.306. The van der Waals surface area contributed by atoms with Gasteiger partial charge in [-0.2, -0.15) is 0 Å². The average molecular weight is 427 g/mol. The Hall–Kier alpha value is -2.95. The van der Waals surface area contributed by atoms with E-state index in [1.807, 2.05) is 18.2 Å². The van der Waals surface area contributed by atoms with Gasteiger partial charge in [-0.05, 0) is 30.3 Å². The molecule has 1 heterocycles. The van der Waals surface area contributed by atoms with Gasteiger partial charge in [-0.3, -0.25) is 4.79 Å². The van der Waals surface area contributed by atoms with Crippen LogP contribution in [0.4, 0.5) is 0 Å². The van der Waals surface area contributed by atoms with Crippen molar-refractivity contribution in [1.29, 1.82) is 0 Å². The van der Waals surface area contributed by atoms with E-state index in [1.165, 1.54) is 6.26 Å². The number of rotatable bonds is 5. The van der Waals surface area contributed by atoms with Crippen LogP contribution in [0.1, 0.15) is 5.56 Å². The average Bonchev–Trinajstić information content (AvgIpc) is 2.73. The smallest absolute Gasteiger partial charge is 0.200 e. The van der Waals surface area contributed by atoms with Crippen LogP contribution in [0.2, 0.25) is 10.0 Å². The highest BCUT2D eigenvalue weighted by Crippen LogP contribution is 2.30. The number of hydrogen-bond acceptors (Lipinski definition) is 4. The number of halogens is 2. The summed E-state index contributed by atoms with van der Waals surface area (Å²) in [4.78, 5) is 13.0. The maximum absolute atomic E-state index is 13.0. The first-order chi connectivity index (χ1) is 14.1. The molecule has 0 bridgehead atoms. The van der Waals surface area contributed by atoms with Gasteiger partial charge in [0, 0.05) is 27.2 Å². The molecule has 0 unspecified atom stereocenters. The molecule has 4 rings (SSSR count). The van der Waals surface area contributed by atoms with Gasteiger partial charge >= 0.3 is 0 Å². The maximum Gasteiger partial charge on any atom is 0.200 e. The summed E-state index contributed by atoms with van der Waals surface area (Å²) in [5.41, 5.74) is 2.10. The van der Waals surface area contributed by atoms with Gasteiger partial charge in [0.25, 0.3) is 0 Å². The molecule has 0 spiro atoms. The van der Waals surface area contributed by atoms with E-state index >= 15 is 0 Å². The summed E-state index contributed by atoms with van der Waals surface area (Å²) in [5.74, 6) is 1.15. The predicted octanol–water partition coefficient (Wildman–Crippen LogP) is 6.35. The number of hydrogen-bond donors (Lipinski definition) is 0. The van der Waals surface area contributed by atoms with E-state index in [-0.39, 0.29) is 12.0 Å². The first-order valence-electron chi connectivity index (χ1n) is 8.83. The zero-order valence-electron chi connectivity index (χ0n) is 15.4. The third kappa shape index (κ3) is 3.82. The van der Waals surface area contributed by atoms with Crippen LogP contribution in [0.15, 0.2) is 76.1 Å². The molecule has 0 aliphatic rings. The van der Waals surface area contributed by atoms with Crippen LogP contribution in [0, 0.1) is 0 Å². The van der Waals surface area contributed by atoms with Gasteiger partial charge < -0.3 is 13.9 Å². The van der Waals surface area contributed by atoms with Crippen LogP contribution in [0.5, 0.6) is 11.5 Å². The Morgan fingerprint density at radius 2 is 1.69 bits per heavy atom. The van der Waals surface area contributed by atoms with Crippen molar-refractivity contribution in [2.24, 2.45) is 0 Å². The van der Waals surface area contributed by atoms with Gasteiger partial charge in [0.15, 0.2) is 0 Å². The Kier molecular flexibility index (Phi) is 5.47. The van der Waals surface area contributed by atoms with Gasteiger partial charge in [0.2, 0.25) is 5.43 Å². The van der Waals surface area contributed by atoms with Crippen LogP contribution in [-0.4, -0.2) is 7.11 Å². The number of methoxy groups -OCH3 is 1. The van der Waals surface area contributed by atoms with Gasteiger partial charge in [-0.1, -0.05) is 47.5 Å². The maximum atomic E-state index is 13.0. The SMILES string of the molecule is COc1ccccc1-c1coc2cc(OCc3c(Cl)cccc3Cl)ccc2c1=O. The van der Waals surface area contributed by atoms with Crippen molar-refractivity contribution in [3.05, 3.63) is 92.8 Å². The molecule has 1 aromatic heterocycles. The minimum Gasteiger partial charge on any atom is -0.496 e. The van der Waals surface area contributed by atoms with E-state index < -0.39 is 0 Å². The Labute approximate surface area is 177 Å². The van der Waals surface area contributed by atoms with Crippen molar-refractivity contribution >= 4 is 34.2 Å². The Balaban J connectivity index is 1.67. The van der Waals surface area contributed by atoms with Gasteiger partial charge in [-0.25, -0.2) is 0 Å². The fourth-order valence-corrected chi connectivity index (χ4v) is 3.58. The van der Waals surface area contributed by atoms with Crippen LogP contribution >= 0.6 is 23.2 Å². The molecule has 0 amide bonds. The topological polar surface area (TPSA) is 48.7 Å². The molecule has 0 saturated carbocycles. The van der Waals surface area contributed by atoms with E-state index in [1.54, 1.807) is 49.6 Å². The molecule has 146 valence electrons. The monoisotopic (exact) mass is 426 g/mol. The molecule has 4 nitrogen and oxygen atoms in total. The Morgan fingerprint density at radius 3 is 2.45 bits per heavy atom. The summed E-state index contributed by atoms with van der Waals surface area (Å²) in [6, 6.07) is 17.7. The second-order valence-electron chi connectivity index (χ2n) is 6.33. The zero-order valence-corrected chi connectivity index (χ0v) is 17.0. The van der Waals surface area contributed by atoms with Crippen molar-refractivity contribution < 1.29 is 13.9 Å². The second kappa shape index (κ2) is 8.19. The van der Waals surface area contributed by atoms with Crippen LogP contribution in [0.25, 0.3) is 22.1 Å². The summed E-state index contributed by atoms with van der Waals surface area (Å²) >= 11 is 12.4. The van der Waals surface area contributed by atoms with E-state index in [0.717, 1.165) is 0 Å². The molecular formula is C23H16Cl2O4. The number of ether oxygens (including phenoxy) is 2. The van der Waals surface area contributed by atoms with Crippen molar-refractivity contribution in [2.45, 2.75) is 6.61 Å². The number of benzene rings is 3. The van der Waals surface area contributed by atoms with Crippen LogP contribution in [-0.2, 0) is 6.61 Å². The largest absolute Gasteiger partial charge is 0.496 e.